The molecule has 92 valence electrons. The van der Waals surface area contributed by atoms with Crippen LogP contribution < -0.4 is 9.46 Å². The fraction of sp³-hybridized carbons (Fsp3) is 0.364. The summed E-state index contributed by atoms with van der Waals surface area (Å²) in [6, 6.07) is 8.99. The number of hydrogen-bond acceptors (Lipinski definition) is 4. The summed E-state index contributed by atoms with van der Waals surface area (Å²) < 4.78 is 29.7. The predicted octanol–water partition coefficient (Wildman–Crippen LogP) is 0.681. The largest absolute Gasteiger partial charge is 0.497 e. The Hall–Kier alpha value is -1.58. The van der Waals surface area contributed by atoms with Gasteiger partial charge in [-0.15, -0.1) is 0 Å². The summed E-state index contributed by atoms with van der Waals surface area (Å²) in [5.74, 6) is 0.258. The van der Waals surface area contributed by atoms with Crippen LogP contribution >= 0.6 is 0 Å². The standard InChI is InChI=1S/C11H14N2O3S/c1-16-11-4-2-10(3-5-11)6-8-13-17(14,15)9-7-12/h2-5,13H,6,8-9H2,1H3. The fourth-order valence-electron chi connectivity index (χ4n) is 1.28. The summed E-state index contributed by atoms with van der Waals surface area (Å²) >= 11 is 0. The molecule has 0 atom stereocenters. The Balaban J connectivity index is 2.44. The lowest BCUT2D eigenvalue weighted by molar-refractivity contribution is 0.414. The molecule has 0 fully saturated rings. The van der Waals surface area contributed by atoms with Crippen LogP contribution in [0.4, 0.5) is 0 Å². The number of methoxy groups -OCH3 is 1. The van der Waals surface area contributed by atoms with Crippen LogP contribution in [0.1, 0.15) is 5.56 Å². The van der Waals surface area contributed by atoms with Crippen LogP contribution in [-0.4, -0.2) is 27.8 Å². The summed E-state index contributed by atoms with van der Waals surface area (Å²) in [6.07, 6.45) is 0.578. The maximum absolute atomic E-state index is 11.2. The van der Waals surface area contributed by atoms with E-state index in [-0.39, 0.29) is 6.54 Å². The average Bonchev–Trinajstić information content (AvgIpc) is 2.29. The minimum Gasteiger partial charge on any atom is -0.497 e. The van der Waals surface area contributed by atoms with Gasteiger partial charge in [-0.3, -0.25) is 0 Å². The van der Waals surface area contributed by atoms with E-state index < -0.39 is 15.8 Å². The number of nitrogens with one attached hydrogen (secondary N) is 1. The molecule has 0 saturated heterocycles. The molecule has 0 bridgehead atoms. The van der Waals surface area contributed by atoms with Crippen LogP contribution in [-0.2, 0) is 16.4 Å². The first kappa shape index (κ1) is 13.5. The first-order valence-corrected chi connectivity index (χ1v) is 6.70. The van der Waals surface area contributed by atoms with Crippen molar-refractivity contribution in [2.75, 3.05) is 19.4 Å². The van der Waals surface area contributed by atoms with Crippen LogP contribution in [0.2, 0.25) is 0 Å². The molecule has 0 aliphatic carbocycles. The molecule has 0 aliphatic rings. The normalized spacial score (nSPS) is 10.8. The first-order chi connectivity index (χ1) is 8.07. The van der Waals surface area contributed by atoms with Gasteiger partial charge in [0.1, 0.15) is 5.75 Å². The molecule has 0 radical (unpaired) electrons. The van der Waals surface area contributed by atoms with Crippen molar-refractivity contribution < 1.29 is 13.2 Å². The van der Waals surface area contributed by atoms with Gasteiger partial charge in [0.2, 0.25) is 10.0 Å². The molecule has 1 aromatic carbocycles. The summed E-state index contributed by atoms with van der Waals surface area (Å²) in [7, 11) is -1.86. The lowest BCUT2D eigenvalue weighted by atomic mass is 10.1. The van der Waals surface area contributed by atoms with Crippen LogP contribution in [0.15, 0.2) is 24.3 Å². The minimum absolute atomic E-state index is 0.288. The highest BCUT2D eigenvalue weighted by molar-refractivity contribution is 7.89. The lowest BCUT2D eigenvalue weighted by Crippen LogP contribution is -2.27. The Bertz CT molecular complexity index is 488. The molecule has 0 aliphatic heterocycles. The maximum atomic E-state index is 11.2. The van der Waals surface area contributed by atoms with Gasteiger partial charge in [-0.2, -0.15) is 5.26 Å². The van der Waals surface area contributed by atoms with E-state index >= 15 is 0 Å². The molecular weight excluding hydrogens is 240 g/mol. The molecule has 17 heavy (non-hydrogen) atoms. The van der Waals surface area contributed by atoms with E-state index in [9.17, 15) is 8.42 Å². The quantitative estimate of drug-likeness (QED) is 0.809. The third kappa shape index (κ3) is 4.85. The molecule has 1 aromatic rings. The second-order valence-corrected chi connectivity index (χ2v) is 5.22. The second-order valence-electron chi connectivity index (χ2n) is 3.41. The van der Waals surface area contributed by atoms with Crippen LogP contribution in [0.25, 0.3) is 0 Å². The van der Waals surface area contributed by atoms with E-state index in [2.05, 4.69) is 4.72 Å². The summed E-state index contributed by atoms with van der Waals surface area (Å²) in [6.45, 7) is 0.288. The highest BCUT2D eigenvalue weighted by atomic mass is 32.2. The van der Waals surface area contributed by atoms with Gasteiger partial charge < -0.3 is 4.74 Å². The Labute approximate surface area is 101 Å². The van der Waals surface area contributed by atoms with Crippen LogP contribution in [0, 0.1) is 11.3 Å². The molecule has 0 amide bonds. The smallest absolute Gasteiger partial charge is 0.225 e. The van der Waals surface area contributed by atoms with E-state index in [0.29, 0.717) is 6.42 Å². The van der Waals surface area contributed by atoms with Crippen molar-refractivity contribution in [1.29, 1.82) is 5.26 Å². The van der Waals surface area contributed by atoms with Crippen molar-refractivity contribution in [2.24, 2.45) is 0 Å². The summed E-state index contributed by atoms with van der Waals surface area (Å²) in [5, 5.41) is 8.29. The fourth-order valence-corrected chi connectivity index (χ4v) is 1.96. The van der Waals surface area contributed by atoms with E-state index in [1.54, 1.807) is 13.2 Å². The number of benzene rings is 1. The molecule has 0 spiro atoms. The van der Waals surface area contributed by atoms with Crippen molar-refractivity contribution in [3.8, 4) is 11.8 Å². The van der Waals surface area contributed by atoms with Gasteiger partial charge in [0.25, 0.3) is 0 Å². The highest BCUT2D eigenvalue weighted by Gasteiger charge is 2.07. The molecule has 0 saturated carbocycles. The monoisotopic (exact) mass is 254 g/mol. The Morgan fingerprint density at radius 2 is 2.00 bits per heavy atom. The molecule has 0 unspecified atom stereocenters. The van der Waals surface area contributed by atoms with E-state index in [0.717, 1.165) is 11.3 Å². The second kappa shape index (κ2) is 6.23. The Kier molecular flexibility index (Phi) is 4.94. The number of ether oxygens (including phenoxy) is 1. The van der Waals surface area contributed by atoms with Gasteiger partial charge in [0.15, 0.2) is 5.75 Å². The van der Waals surface area contributed by atoms with Gasteiger partial charge in [0, 0.05) is 6.54 Å². The summed E-state index contributed by atoms with van der Waals surface area (Å²) in [5.41, 5.74) is 1.01. The molecular formula is C11H14N2O3S. The molecule has 0 heterocycles. The number of nitriles is 1. The summed E-state index contributed by atoms with van der Waals surface area (Å²) in [4.78, 5) is 0. The Morgan fingerprint density at radius 1 is 1.35 bits per heavy atom. The molecule has 1 N–H and O–H groups in total. The SMILES string of the molecule is COc1ccc(CCNS(=O)(=O)CC#N)cc1. The van der Waals surface area contributed by atoms with Crippen molar-refractivity contribution in [1.82, 2.24) is 4.72 Å². The molecule has 0 aromatic heterocycles. The third-order valence-electron chi connectivity index (χ3n) is 2.15. The maximum Gasteiger partial charge on any atom is 0.225 e. The predicted molar refractivity (Wildman–Crippen MR) is 64.1 cm³/mol. The molecule has 1 rings (SSSR count). The highest BCUT2D eigenvalue weighted by Crippen LogP contribution is 2.11. The first-order valence-electron chi connectivity index (χ1n) is 5.04. The van der Waals surface area contributed by atoms with Crippen LogP contribution in [0.3, 0.4) is 0 Å². The van der Waals surface area contributed by atoms with Gasteiger partial charge in [0.05, 0.1) is 13.2 Å². The zero-order valence-electron chi connectivity index (χ0n) is 9.51. The zero-order chi connectivity index (χ0) is 12.7. The number of nitrogens with zero attached hydrogens (tertiary/aromatic N) is 1. The van der Waals surface area contributed by atoms with Gasteiger partial charge >= 0.3 is 0 Å². The number of rotatable bonds is 6. The molecule has 6 heteroatoms. The van der Waals surface area contributed by atoms with Crippen LogP contribution in [0.5, 0.6) is 5.75 Å². The average molecular weight is 254 g/mol. The van der Waals surface area contributed by atoms with E-state index in [4.69, 9.17) is 10.00 Å². The number of hydrogen-bond donors (Lipinski definition) is 1. The lowest BCUT2D eigenvalue weighted by Gasteiger charge is -2.04. The van der Waals surface area contributed by atoms with Crippen molar-refractivity contribution in [3.05, 3.63) is 29.8 Å². The Morgan fingerprint density at radius 3 is 2.53 bits per heavy atom. The van der Waals surface area contributed by atoms with Gasteiger partial charge in [-0.1, -0.05) is 12.1 Å². The number of sulfonamides is 1. The van der Waals surface area contributed by atoms with Crippen molar-refractivity contribution in [2.45, 2.75) is 6.42 Å². The minimum atomic E-state index is -3.45. The molecule has 5 nitrogen and oxygen atoms in total. The van der Waals surface area contributed by atoms with Gasteiger partial charge in [-0.05, 0) is 24.1 Å². The van der Waals surface area contributed by atoms with Crippen molar-refractivity contribution in [3.63, 3.8) is 0 Å². The topological polar surface area (TPSA) is 79.2 Å². The van der Waals surface area contributed by atoms with Crippen molar-refractivity contribution >= 4 is 10.0 Å². The third-order valence-corrected chi connectivity index (χ3v) is 3.30. The van der Waals surface area contributed by atoms with E-state index in [1.165, 1.54) is 0 Å². The van der Waals surface area contributed by atoms with Gasteiger partial charge in [-0.25, -0.2) is 13.1 Å². The van der Waals surface area contributed by atoms with E-state index in [1.807, 2.05) is 24.3 Å². The zero-order valence-corrected chi connectivity index (χ0v) is 10.3.